The molecular weight excluding hydrogens is 322 g/mol. The van der Waals surface area contributed by atoms with Crippen LogP contribution in [0.2, 0.25) is 5.02 Å². The first-order valence-corrected chi connectivity index (χ1v) is 7.92. The molecule has 1 N–H and O–H groups in total. The van der Waals surface area contributed by atoms with Crippen LogP contribution in [0.1, 0.15) is 18.1 Å². The number of amides is 1. The van der Waals surface area contributed by atoms with Crippen molar-refractivity contribution in [2.45, 2.75) is 13.3 Å². The fourth-order valence-electron chi connectivity index (χ4n) is 2.11. The van der Waals surface area contributed by atoms with Crippen molar-refractivity contribution in [1.29, 1.82) is 0 Å². The summed E-state index contributed by atoms with van der Waals surface area (Å²) in [5, 5.41) is 3.18. The first kappa shape index (κ1) is 17.7. The Morgan fingerprint density at radius 1 is 1.08 bits per heavy atom. The zero-order valence-corrected chi connectivity index (χ0v) is 14.1. The number of carbonyl (C=O) groups is 2. The number of nitrogens with one attached hydrogen (secondary N) is 1. The molecule has 0 aliphatic heterocycles. The molecule has 0 unspecified atom stereocenters. The lowest BCUT2D eigenvalue weighted by molar-refractivity contribution is -0.121. The molecule has 0 radical (unpaired) electrons. The number of halogens is 1. The second-order valence-electron chi connectivity index (χ2n) is 5.23. The lowest BCUT2D eigenvalue weighted by Crippen LogP contribution is -2.23. The van der Waals surface area contributed by atoms with Crippen molar-refractivity contribution < 1.29 is 9.59 Å². The van der Waals surface area contributed by atoms with Crippen molar-refractivity contribution in [1.82, 2.24) is 5.32 Å². The van der Waals surface area contributed by atoms with Crippen molar-refractivity contribution >= 4 is 29.4 Å². The van der Waals surface area contributed by atoms with Crippen molar-refractivity contribution in [3.05, 3.63) is 88.6 Å². The molecule has 3 nitrogen and oxygen atoms in total. The minimum Gasteiger partial charge on any atom is -0.329 e. The Morgan fingerprint density at radius 2 is 1.83 bits per heavy atom. The van der Waals surface area contributed by atoms with Gasteiger partial charge in [-0.2, -0.15) is 0 Å². The molecule has 0 fully saturated rings. The Bertz CT molecular complexity index is 779. The Labute approximate surface area is 146 Å². The summed E-state index contributed by atoms with van der Waals surface area (Å²) in [4.78, 5) is 23.9. The predicted molar refractivity (Wildman–Crippen MR) is 97.5 cm³/mol. The Kier molecular flexibility index (Phi) is 6.52. The molecule has 2 aromatic carbocycles. The van der Waals surface area contributed by atoms with E-state index in [9.17, 15) is 9.59 Å². The lowest BCUT2D eigenvalue weighted by Gasteiger charge is -2.03. The fraction of sp³-hybridized carbons (Fsp3) is 0.100. The zero-order valence-electron chi connectivity index (χ0n) is 13.3. The highest BCUT2D eigenvalue weighted by Gasteiger charge is 2.13. The first-order valence-electron chi connectivity index (χ1n) is 7.54. The van der Waals surface area contributed by atoms with E-state index in [1.807, 2.05) is 36.4 Å². The van der Waals surface area contributed by atoms with Crippen LogP contribution in [0.25, 0.3) is 6.08 Å². The molecular formula is C20H18ClNO2. The van der Waals surface area contributed by atoms with Gasteiger partial charge in [-0.05, 0) is 42.7 Å². The van der Waals surface area contributed by atoms with E-state index in [2.05, 4.69) is 5.32 Å². The molecule has 0 atom stereocenters. The molecule has 24 heavy (non-hydrogen) atoms. The maximum absolute atomic E-state index is 12.2. The number of allylic oxidation sites excluding steroid dienone is 1. The average Bonchev–Trinajstić information content (AvgIpc) is 2.57. The fourth-order valence-corrected chi connectivity index (χ4v) is 2.31. The number of hydrogen-bond donors (Lipinski definition) is 1. The van der Waals surface area contributed by atoms with Crippen molar-refractivity contribution in [2.75, 3.05) is 0 Å². The Morgan fingerprint density at radius 3 is 2.50 bits per heavy atom. The summed E-state index contributed by atoms with van der Waals surface area (Å²) in [6.07, 6.45) is 5.64. The van der Waals surface area contributed by atoms with Gasteiger partial charge in [0.25, 0.3) is 5.91 Å². The van der Waals surface area contributed by atoms with Gasteiger partial charge in [-0.1, -0.05) is 60.1 Å². The van der Waals surface area contributed by atoms with Gasteiger partial charge in [-0.15, -0.1) is 0 Å². The van der Waals surface area contributed by atoms with Gasteiger partial charge in [0, 0.05) is 11.2 Å². The van der Waals surface area contributed by atoms with E-state index < -0.39 is 5.91 Å². The van der Waals surface area contributed by atoms with Gasteiger partial charge in [0.2, 0.25) is 0 Å². The first-order chi connectivity index (χ1) is 11.6. The van der Waals surface area contributed by atoms with Crippen molar-refractivity contribution in [3.8, 4) is 0 Å². The molecule has 0 aliphatic carbocycles. The Hall–Kier alpha value is -2.65. The molecule has 0 aliphatic rings. The van der Waals surface area contributed by atoms with Crippen LogP contribution in [0.15, 0.2) is 72.4 Å². The van der Waals surface area contributed by atoms with E-state index in [-0.39, 0.29) is 11.4 Å². The second-order valence-corrected chi connectivity index (χ2v) is 5.67. The third-order valence-corrected chi connectivity index (χ3v) is 3.55. The van der Waals surface area contributed by atoms with Crippen LogP contribution >= 0.6 is 11.6 Å². The monoisotopic (exact) mass is 339 g/mol. The number of benzene rings is 2. The summed E-state index contributed by atoms with van der Waals surface area (Å²) < 4.78 is 0. The van der Waals surface area contributed by atoms with E-state index in [0.717, 1.165) is 5.56 Å². The van der Waals surface area contributed by atoms with E-state index in [1.54, 1.807) is 30.5 Å². The lowest BCUT2D eigenvalue weighted by atomic mass is 10.1. The van der Waals surface area contributed by atoms with Crippen LogP contribution < -0.4 is 5.32 Å². The van der Waals surface area contributed by atoms with E-state index in [1.165, 1.54) is 13.0 Å². The number of Topliss-reactive ketones (excluding diaryl/α,β-unsaturated/α-hetero) is 1. The third kappa shape index (κ3) is 5.52. The highest BCUT2D eigenvalue weighted by molar-refractivity contribution is 6.30. The molecule has 0 spiro atoms. The van der Waals surface area contributed by atoms with Gasteiger partial charge in [-0.3, -0.25) is 9.59 Å². The molecule has 0 saturated carbocycles. The molecule has 0 heterocycles. The summed E-state index contributed by atoms with van der Waals surface area (Å²) in [5.41, 5.74) is 1.93. The smallest absolute Gasteiger partial charge is 0.258 e. The van der Waals surface area contributed by atoms with Crippen LogP contribution in [0.5, 0.6) is 0 Å². The van der Waals surface area contributed by atoms with Gasteiger partial charge in [0.15, 0.2) is 5.78 Å². The molecule has 2 aromatic rings. The van der Waals surface area contributed by atoms with Crippen LogP contribution in [0.3, 0.4) is 0 Å². The summed E-state index contributed by atoms with van der Waals surface area (Å²) in [7, 11) is 0. The molecule has 4 heteroatoms. The van der Waals surface area contributed by atoms with Gasteiger partial charge < -0.3 is 5.32 Å². The van der Waals surface area contributed by atoms with Crippen LogP contribution in [0, 0.1) is 0 Å². The minimum absolute atomic E-state index is 0.0848. The maximum Gasteiger partial charge on any atom is 0.258 e. The summed E-state index contributed by atoms with van der Waals surface area (Å²) in [6.45, 7) is 1.36. The Balaban J connectivity index is 2.03. The van der Waals surface area contributed by atoms with Gasteiger partial charge in [0.05, 0.1) is 5.57 Å². The van der Waals surface area contributed by atoms with Crippen LogP contribution in [0.4, 0.5) is 0 Å². The quantitative estimate of drug-likeness (QED) is 0.487. The van der Waals surface area contributed by atoms with Crippen molar-refractivity contribution in [2.24, 2.45) is 0 Å². The highest BCUT2D eigenvalue weighted by atomic mass is 35.5. The standard InChI is InChI=1S/C20H18ClNO2/c1-15(23)19(14-17-9-5-11-18(21)13-17)20(24)22-12-6-10-16-7-3-2-4-8-16/h2-9,11-14H,10H2,1H3,(H,22,24). The third-order valence-electron chi connectivity index (χ3n) is 3.31. The normalized spacial score (nSPS) is 11.5. The predicted octanol–water partition coefficient (Wildman–Crippen LogP) is 4.19. The van der Waals surface area contributed by atoms with Gasteiger partial charge >= 0.3 is 0 Å². The second kappa shape index (κ2) is 8.85. The van der Waals surface area contributed by atoms with Crippen molar-refractivity contribution in [3.63, 3.8) is 0 Å². The van der Waals surface area contributed by atoms with Crippen LogP contribution in [-0.4, -0.2) is 11.7 Å². The van der Waals surface area contributed by atoms with E-state index >= 15 is 0 Å². The number of ketones is 1. The molecule has 0 saturated heterocycles. The zero-order chi connectivity index (χ0) is 17.4. The molecule has 2 rings (SSSR count). The maximum atomic E-state index is 12.2. The summed E-state index contributed by atoms with van der Waals surface area (Å²) in [6, 6.07) is 16.9. The average molecular weight is 340 g/mol. The van der Waals surface area contributed by atoms with E-state index in [4.69, 9.17) is 11.6 Å². The largest absolute Gasteiger partial charge is 0.329 e. The van der Waals surface area contributed by atoms with E-state index in [0.29, 0.717) is 17.0 Å². The molecule has 0 aromatic heterocycles. The van der Waals surface area contributed by atoms with Gasteiger partial charge in [0.1, 0.15) is 0 Å². The van der Waals surface area contributed by atoms with Crippen LogP contribution in [-0.2, 0) is 16.0 Å². The summed E-state index contributed by atoms with van der Waals surface area (Å²) in [5.74, 6) is -0.740. The topological polar surface area (TPSA) is 46.2 Å². The number of carbonyl (C=O) groups excluding carboxylic acids is 2. The number of rotatable bonds is 6. The minimum atomic E-state index is -0.438. The number of hydrogen-bond acceptors (Lipinski definition) is 2. The SMILES string of the molecule is CC(=O)C(=Cc1cccc(Cl)c1)C(=O)NC=CCc1ccccc1. The van der Waals surface area contributed by atoms with Gasteiger partial charge in [-0.25, -0.2) is 0 Å². The summed E-state index contributed by atoms with van der Waals surface area (Å²) >= 11 is 5.92. The highest BCUT2D eigenvalue weighted by Crippen LogP contribution is 2.14. The molecule has 0 bridgehead atoms. The molecule has 1 amide bonds. The molecule has 122 valence electrons.